The van der Waals surface area contributed by atoms with Crippen molar-refractivity contribution < 1.29 is 0 Å². The number of hydrogen-bond donors (Lipinski definition) is 1. The van der Waals surface area contributed by atoms with E-state index >= 15 is 0 Å². The van der Waals surface area contributed by atoms with Crippen LogP contribution in [0, 0.1) is 0 Å². The minimum Gasteiger partial charge on any atom is -0.398 e. The molecule has 1 heterocycles. The maximum absolute atomic E-state index is 5.83. The molecule has 76 valence electrons. The molecular formula is C11H15BrN2. The molecule has 0 atom stereocenters. The predicted molar refractivity (Wildman–Crippen MR) is 63.1 cm³/mol. The molecule has 1 fully saturated rings. The molecule has 0 unspecified atom stereocenters. The smallest absolute Gasteiger partial charge is 0.0461 e. The summed E-state index contributed by atoms with van der Waals surface area (Å²) in [7, 11) is 0. The maximum atomic E-state index is 5.83. The molecule has 1 aliphatic rings. The summed E-state index contributed by atoms with van der Waals surface area (Å²) < 4.78 is 0.989. The van der Waals surface area contributed by atoms with Crippen LogP contribution in [-0.2, 0) is 6.54 Å². The second kappa shape index (κ2) is 4.32. The second-order valence-electron chi connectivity index (χ2n) is 3.84. The third-order valence-corrected chi connectivity index (χ3v) is 3.39. The Labute approximate surface area is 93.2 Å². The third-order valence-electron chi connectivity index (χ3n) is 2.67. The number of nitrogen functional groups attached to an aromatic ring is 1. The van der Waals surface area contributed by atoms with Crippen molar-refractivity contribution in [2.75, 3.05) is 18.8 Å². The van der Waals surface area contributed by atoms with Gasteiger partial charge < -0.3 is 5.73 Å². The Hall–Kier alpha value is -0.540. The highest BCUT2D eigenvalue weighted by molar-refractivity contribution is 9.10. The molecule has 0 radical (unpaired) electrons. The predicted octanol–water partition coefficient (Wildman–Crippen LogP) is 2.63. The third kappa shape index (κ3) is 2.28. The molecule has 0 spiro atoms. The van der Waals surface area contributed by atoms with Crippen molar-refractivity contribution in [2.45, 2.75) is 19.4 Å². The fraction of sp³-hybridized carbons (Fsp3) is 0.455. The number of nitrogens with zero attached hydrogens (tertiary/aromatic N) is 1. The van der Waals surface area contributed by atoms with Gasteiger partial charge in [-0.2, -0.15) is 0 Å². The SMILES string of the molecule is Nc1cc(CN2CCCC2)ccc1Br. The average Bonchev–Trinajstić information content (AvgIpc) is 2.64. The fourth-order valence-electron chi connectivity index (χ4n) is 1.89. The summed E-state index contributed by atoms with van der Waals surface area (Å²) in [6.45, 7) is 3.50. The number of halogens is 1. The van der Waals surface area contributed by atoms with Gasteiger partial charge in [0.1, 0.15) is 0 Å². The van der Waals surface area contributed by atoms with Gasteiger partial charge in [0, 0.05) is 16.7 Å². The number of nitrogens with two attached hydrogens (primary N) is 1. The first-order valence-corrected chi connectivity index (χ1v) is 5.81. The van der Waals surface area contributed by atoms with Gasteiger partial charge in [-0.3, -0.25) is 4.90 Å². The standard InChI is InChI=1S/C11H15BrN2/c12-10-4-3-9(7-11(10)13)8-14-5-1-2-6-14/h3-4,7H,1-2,5-6,8,13H2. The zero-order valence-corrected chi connectivity index (χ0v) is 9.76. The Morgan fingerprint density at radius 3 is 2.64 bits per heavy atom. The van der Waals surface area contributed by atoms with Gasteiger partial charge >= 0.3 is 0 Å². The molecule has 0 saturated carbocycles. The van der Waals surface area contributed by atoms with Crippen molar-refractivity contribution >= 4 is 21.6 Å². The quantitative estimate of drug-likeness (QED) is 0.823. The van der Waals surface area contributed by atoms with Gasteiger partial charge in [0.2, 0.25) is 0 Å². The first-order chi connectivity index (χ1) is 6.75. The van der Waals surface area contributed by atoms with Gasteiger partial charge in [0.15, 0.2) is 0 Å². The Balaban J connectivity index is 2.05. The molecule has 1 saturated heterocycles. The fourth-order valence-corrected chi connectivity index (χ4v) is 2.14. The van der Waals surface area contributed by atoms with Crippen LogP contribution in [-0.4, -0.2) is 18.0 Å². The summed E-state index contributed by atoms with van der Waals surface area (Å²) >= 11 is 3.40. The number of likely N-dealkylation sites (tertiary alicyclic amines) is 1. The van der Waals surface area contributed by atoms with E-state index in [0.717, 1.165) is 16.7 Å². The highest BCUT2D eigenvalue weighted by Crippen LogP contribution is 2.21. The Bertz CT molecular complexity index is 319. The minimum absolute atomic E-state index is 0.835. The topological polar surface area (TPSA) is 29.3 Å². The second-order valence-corrected chi connectivity index (χ2v) is 4.69. The van der Waals surface area contributed by atoms with E-state index < -0.39 is 0 Å². The lowest BCUT2D eigenvalue weighted by molar-refractivity contribution is 0.331. The van der Waals surface area contributed by atoms with Crippen LogP contribution in [0.5, 0.6) is 0 Å². The van der Waals surface area contributed by atoms with Gasteiger partial charge in [0.25, 0.3) is 0 Å². The van der Waals surface area contributed by atoms with Crippen molar-refractivity contribution in [3.05, 3.63) is 28.2 Å². The van der Waals surface area contributed by atoms with E-state index in [1.165, 1.54) is 31.5 Å². The number of benzene rings is 1. The van der Waals surface area contributed by atoms with Crippen LogP contribution < -0.4 is 5.73 Å². The largest absolute Gasteiger partial charge is 0.398 e. The molecular weight excluding hydrogens is 240 g/mol. The van der Waals surface area contributed by atoms with Crippen LogP contribution in [0.4, 0.5) is 5.69 Å². The van der Waals surface area contributed by atoms with Gasteiger partial charge in [-0.15, -0.1) is 0 Å². The van der Waals surface area contributed by atoms with Crippen molar-refractivity contribution in [3.63, 3.8) is 0 Å². The minimum atomic E-state index is 0.835. The maximum Gasteiger partial charge on any atom is 0.0461 e. The molecule has 1 aromatic rings. The van der Waals surface area contributed by atoms with E-state index in [2.05, 4.69) is 33.0 Å². The summed E-state index contributed by atoms with van der Waals surface area (Å²) in [5.74, 6) is 0. The summed E-state index contributed by atoms with van der Waals surface area (Å²) in [6.07, 6.45) is 2.68. The van der Waals surface area contributed by atoms with Crippen molar-refractivity contribution in [2.24, 2.45) is 0 Å². The monoisotopic (exact) mass is 254 g/mol. The average molecular weight is 255 g/mol. The van der Waals surface area contributed by atoms with E-state index in [0.29, 0.717) is 0 Å². The molecule has 0 aromatic heterocycles. The molecule has 1 aliphatic heterocycles. The summed E-state index contributed by atoms with van der Waals surface area (Å²) in [5, 5.41) is 0. The first-order valence-electron chi connectivity index (χ1n) is 5.02. The van der Waals surface area contributed by atoms with E-state index in [1.807, 2.05) is 6.07 Å². The van der Waals surface area contributed by atoms with E-state index in [-0.39, 0.29) is 0 Å². The molecule has 14 heavy (non-hydrogen) atoms. The molecule has 1 aromatic carbocycles. The van der Waals surface area contributed by atoms with Crippen LogP contribution >= 0.6 is 15.9 Å². The molecule has 3 heteroatoms. The lowest BCUT2D eigenvalue weighted by Gasteiger charge is -2.14. The molecule has 0 aliphatic carbocycles. The highest BCUT2D eigenvalue weighted by atomic mass is 79.9. The zero-order chi connectivity index (χ0) is 9.97. The van der Waals surface area contributed by atoms with Crippen LogP contribution in [0.15, 0.2) is 22.7 Å². The van der Waals surface area contributed by atoms with Crippen molar-refractivity contribution in [1.82, 2.24) is 4.90 Å². The summed E-state index contributed by atoms with van der Waals surface area (Å²) in [6, 6.07) is 6.22. The Morgan fingerprint density at radius 2 is 2.00 bits per heavy atom. The summed E-state index contributed by atoms with van der Waals surface area (Å²) in [4.78, 5) is 2.47. The lowest BCUT2D eigenvalue weighted by Crippen LogP contribution is -2.18. The Morgan fingerprint density at radius 1 is 1.29 bits per heavy atom. The van der Waals surface area contributed by atoms with E-state index in [1.54, 1.807) is 0 Å². The highest BCUT2D eigenvalue weighted by Gasteiger charge is 2.11. The van der Waals surface area contributed by atoms with E-state index in [9.17, 15) is 0 Å². The van der Waals surface area contributed by atoms with Gasteiger partial charge in [-0.1, -0.05) is 6.07 Å². The number of anilines is 1. The van der Waals surface area contributed by atoms with Crippen molar-refractivity contribution in [1.29, 1.82) is 0 Å². The number of rotatable bonds is 2. The number of hydrogen-bond acceptors (Lipinski definition) is 2. The molecule has 2 N–H and O–H groups in total. The van der Waals surface area contributed by atoms with Crippen molar-refractivity contribution in [3.8, 4) is 0 Å². The van der Waals surface area contributed by atoms with Gasteiger partial charge in [-0.25, -0.2) is 0 Å². The lowest BCUT2D eigenvalue weighted by atomic mass is 10.2. The van der Waals surface area contributed by atoms with Gasteiger partial charge in [-0.05, 0) is 59.6 Å². The van der Waals surface area contributed by atoms with Crippen LogP contribution in [0.2, 0.25) is 0 Å². The normalized spacial score (nSPS) is 17.5. The molecule has 2 rings (SSSR count). The Kier molecular flexibility index (Phi) is 3.08. The van der Waals surface area contributed by atoms with Crippen LogP contribution in [0.1, 0.15) is 18.4 Å². The molecule has 0 bridgehead atoms. The summed E-state index contributed by atoms with van der Waals surface area (Å²) in [5.41, 5.74) is 7.98. The molecule has 2 nitrogen and oxygen atoms in total. The van der Waals surface area contributed by atoms with Crippen LogP contribution in [0.3, 0.4) is 0 Å². The molecule has 0 amide bonds. The van der Waals surface area contributed by atoms with Crippen LogP contribution in [0.25, 0.3) is 0 Å². The zero-order valence-electron chi connectivity index (χ0n) is 8.17. The van der Waals surface area contributed by atoms with Gasteiger partial charge in [0.05, 0.1) is 0 Å². The first kappa shape index (κ1) is 9.99. The van der Waals surface area contributed by atoms with E-state index in [4.69, 9.17) is 5.73 Å².